The van der Waals surface area contributed by atoms with Gasteiger partial charge in [-0.25, -0.2) is 0 Å². The first-order chi connectivity index (χ1) is 8.79. The van der Waals surface area contributed by atoms with Gasteiger partial charge >= 0.3 is 6.18 Å². The SMILES string of the molecule is O=C(C1CCc2ccc(S(=O)[O-])cc2N1)C(F)(F)F. The van der Waals surface area contributed by atoms with Gasteiger partial charge < -0.3 is 9.87 Å². The molecule has 8 heteroatoms. The predicted octanol–water partition coefficient (Wildman–Crippen LogP) is 1.78. The molecule has 1 heterocycles. The van der Waals surface area contributed by atoms with Crippen LogP contribution in [0.2, 0.25) is 0 Å². The first kappa shape index (κ1) is 14.0. The molecule has 2 atom stereocenters. The average molecular weight is 292 g/mol. The summed E-state index contributed by atoms with van der Waals surface area (Å²) in [7, 11) is 0. The van der Waals surface area contributed by atoms with Crippen LogP contribution >= 0.6 is 0 Å². The number of alkyl halides is 3. The number of halogens is 3. The number of benzene rings is 1. The van der Waals surface area contributed by atoms with Gasteiger partial charge in [0.15, 0.2) is 0 Å². The predicted molar refractivity (Wildman–Crippen MR) is 60.4 cm³/mol. The van der Waals surface area contributed by atoms with E-state index in [-0.39, 0.29) is 17.0 Å². The van der Waals surface area contributed by atoms with Crippen molar-refractivity contribution in [2.45, 2.75) is 30.0 Å². The molecule has 0 bridgehead atoms. The molecule has 0 aliphatic carbocycles. The van der Waals surface area contributed by atoms with E-state index >= 15 is 0 Å². The van der Waals surface area contributed by atoms with Gasteiger partial charge in [0, 0.05) is 10.6 Å². The molecular weight excluding hydrogens is 283 g/mol. The highest BCUT2D eigenvalue weighted by atomic mass is 32.2. The number of fused-ring (bicyclic) bond motifs is 1. The Morgan fingerprint density at radius 1 is 1.42 bits per heavy atom. The number of Topliss-reactive ketones (excluding diaryl/α,β-unsaturated/α-hetero) is 1. The number of rotatable bonds is 2. The monoisotopic (exact) mass is 292 g/mol. The maximum Gasteiger partial charge on any atom is 0.452 e. The number of nitrogens with one attached hydrogen (secondary N) is 1. The molecule has 1 aliphatic heterocycles. The molecule has 0 saturated heterocycles. The molecular formula is C11H9F3NO3S-. The first-order valence-corrected chi connectivity index (χ1v) is 6.46. The van der Waals surface area contributed by atoms with E-state index in [1.165, 1.54) is 18.2 Å². The Balaban J connectivity index is 2.25. The van der Waals surface area contributed by atoms with Gasteiger partial charge in [-0.05, 0) is 41.6 Å². The minimum atomic E-state index is -4.89. The van der Waals surface area contributed by atoms with Gasteiger partial charge in [0.05, 0.1) is 6.04 Å². The fourth-order valence-electron chi connectivity index (χ4n) is 1.97. The van der Waals surface area contributed by atoms with E-state index in [4.69, 9.17) is 0 Å². The fraction of sp³-hybridized carbons (Fsp3) is 0.364. The van der Waals surface area contributed by atoms with E-state index in [9.17, 15) is 26.7 Å². The Kier molecular flexibility index (Phi) is 3.64. The van der Waals surface area contributed by atoms with Crippen LogP contribution in [0, 0.1) is 0 Å². The van der Waals surface area contributed by atoms with Gasteiger partial charge in [0.25, 0.3) is 5.78 Å². The minimum Gasteiger partial charge on any atom is -0.768 e. The zero-order chi connectivity index (χ0) is 14.2. The third kappa shape index (κ3) is 2.95. The van der Waals surface area contributed by atoms with E-state index in [0.29, 0.717) is 12.0 Å². The van der Waals surface area contributed by atoms with Crippen LogP contribution in [0.25, 0.3) is 0 Å². The number of carbonyl (C=O) groups excluding carboxylic acids is 1. The summed E-state index contributed by atoms with van der Waals surface area (Å²) in [5.74, 6) is -1.84. The normalized spacial score (nSPS) is 20.3. The Morgan fingerprint density at radius 2 is 2.11 bits per heavy atom. The number of carbonyl (C=O) groups is 1. The van der Waals surface area contributed by atoms with E-state index in [1.807, 2.05) is 0 Å². The summed E-state index contributed by atoms with van der Waals surface area (Å²) in [6, 6.07) is 2.77. The van der Waals surface area contributed by atoms with Crippen LogP contribution in [0.4, 0.5) is 18.9 Å². The Bertz CT molecular complexity index is 544. The van der Waals surface area contributed by atoms with E-state index in [0.717, 1.165) is 0 Å². The number of aryl methyl sites for hydroxylation is 1. The summed E-state index contributed by atoms with van der Waals surface area (Å²) in [6.45, 7) is 0. The maximum absolute atomic E-state index is 12.3. The molecule has 1 aliphatic rings. The quantitative estimate of drug-likeness (QED) is 0.844. The van der Waals surface area contributed by atoms with Crippen molar-refractivity contribution in [2.24, 2.45) is 0 Å². The number of hydrogen-bond donors (Lipinski definition) is 1. The molecule has 4 nitrogen and oxygen atoms in total. The van der Waals surface area contributed by atoms with Crippen molar-refractivity contribution in [1.29, 1.82) is 0 Å². The van der Waals surface area contributed by atoms with E-state index in [2.05, 4.69) is 5.32 Å². The summed E-state index contributed by atoms with van der Waals surface area (Å²) in [5, 5.41) is 2.46. The topological polar surface area (TPSA) is 69.2 Å². The molecule has 0 aromatic heterocycles. The van der Waals surface area contributed by atoms with Crippen molar-refractivity contribution in [1.82, 2.24) is 0 Å². The second-order valence-corrected chi connectivity index (χ2v) is 5.09. The third-order valence-electron chi connectivity index (χ3n) is 2.90. The lowest BCUT2D eigenvalue weighted by Gasteiger charge is -2.27. The van der Waals surface area contributed by atoms with Crippen LogP contribution in [-0.2, 0) is 22.3 Å². The second kappa shape index (κ2) is 4.93. The maximum atomic E-state index is 12.3. The van der Waals surface area contributed by atoms with Crippen LogP contribution in [0.3, 0.4) is 0 Å². The molecule has 1 N–H and O–H groups in total. The van der Waals surface area contributed by atoms with Crippen molar-refractivity contribution in [3.05, 3.63) is 23.8 Å². The fourth-order valence-corrected chi connectivity index (χ4v) is 2.36. The first-order valence-electron chi connectivity index (χ1n) is 5.39. The molecule has 2 rings (SSSR count). The zero-order valence-electron chi connectivity index (χ0n) is 9.49. The van der Waals surface area contributed by atoms with Crippen molar-refractivity contribution < 1.29 is 26.7 Å². The lowest BCUT2D eigenvalue weighted by atomic mass is 9.95. The average Bonchev–Trinajstić information content (AvgIpc) is 2.35. The van der Waals surface area contributed by atoms with Gasteiger partial charge in [-0.1, -0.05) is 6.07 Å². The summed E-state index contributed by atoms with van der Waals surface area (Å²) in [5.41, 5.74) is 0.955. The molecule has 104 valence electrons. The van der Waals surface area contributed by atoms with Crippen LogP contribution in [-0.4, -0.2) is 26.8 Å². The number of ketones is 1. The molecule has 1 aromatic carbocycles. The largest absolute Gasteiger partial charge is 0.768 e. The van der Waals surface area contributed by atoms with Crippen molar-refractivity contribution in [3.63, 3.8) is 0 Å². The summed E-state index contributed by atoms with van der Waals surface area (Å²) in [6.07, 6.45) is -4.57. The minimum absolute atomic E-state index is 0.0329. The van der Waals surface area contributed by atoms with Crippen LogP contribution in [0.1, 0.15) is 12.0 Å². The number of anilines is 1. The Labute approximate surface area is 109 Å². The van der Waals surface area contributed by atoms with Crippen molar-refractivity contribution in [3.8, 4) is 0 Å². The lowest BCUT2D eigenvalue weighted by molar-refractivity contribution is -0.172. The molecule has 0 fully saturated rings. The molecule has 0 amide bonds. The second-order valence-electron chi connectivity index (χ2n) is 4.15. The molecule has 0 radical (unpaired) electrons. The summed E-state index contributed by atoms with van der Waals surface area (Å²) >= 11 is -2.46. The Morgan fingerprint density at radius 3 is 2.68 bits per heavy atom. The zero-order valence-corrected chi connectivity index (χ0v) is 10.3. The van der Waals surface area contributed by atoms with Gasteiger partial charge in [0.2, 0.25) is 0 Å². The van der Waals surface area contributed by atoms with Gasteiger partial charge in [-0.15, -0.1) is 0 Å². The molecule has 1 aromatic rings. The van der Waals surface area contributed by atoms with Gasteiger partial charge in [-0.3, -0.25) is 9.00 Å². The molecule has 0 spiro atoms. The molecule has 0 saturated carbocycles. The lowest BCUT2D eigenvalue weighted by Crippen LogP contribution is -2.41. The Hall–Kier alpha value is -1.41. The highest BCUT2D eigenvalue weighted by molar-refractivity contribution is 7.79. The summed E-state index contributed by atoms with van der Waals surface area (Å²) in [4.78, 5) is 11.1. The standard InChI is InChI=1S/C11H10F3NO3S/c12-11(13,14)10(16)8-4-2-6-1-3-7(19(17)18)5-9(6)15-8/h1,3,5,8,15H,2,4H2,(H,17,18)/p-1. The van der Waals surface area contributed by atoms with Crippen LogP contribution in [0.15, 0.2) is 23.1 Å². The number of hydrogen-bond acceptors (Lipinski definition) is 4. The van der Waals surface area contributed by atoms with Crippen LogP contribution in [0.5, 0.6) is 0 Å². The molecule has 2 unspecified atom stereocenters. The van der Waals surface area contributed by atoms with E-state index in [1.54, 1.807) is 0 Å². The smallest absolute Gasteiger partial charge is 0.452 e. The molecule has 19 heavy (non-hydrogen) atoms. The van der Waals surface area contributed by atoms with Gasteiger partial charge in [-0.2, -0.15) is 13.2 Å². The van der Waals surface area contributed by atoms with Crippen molar-refractivity contribution in [2.75, 3.05) is 5.32 Å². The van der Waals surface area contributed by atoms with Crippen molar-refractivity contribution >= 4 is 22.6 Å². The summed E-state index contributed by atoms with van der Waals surface area (Å²) < 4.78 is 58.6. The van der Waals surface area contributed by atoms with E-state index < -0.39 is 29.1 Å². The highest BCUT2D eigenvalue weighted by Gasteiger charge is 2.44. The van der Waals surface area contributed by atoms with Gasteiger partial charge in [0.1, 0.15) is 0 Å². The van der Waals surface area contributed by atoms with Crippen LogP contribution < -0.4 is 5.32 Å². The highest BCUT2D eigenvalue weighted by Crippen LogP contribution is 2.30. The third-order valence-corrected chi connectivity index (χ3v) is 3.54.